The minimum absolute atomic E-state index is 0.0354. The van der Waals surface area contributed by atoms with E-state index in [1.54, 1.807) is 6.20 Å². The summed E-state index contributed by atoms with van der Waals surface area (Å²) >= 11 is 0. The van der Waals surface area contributed by atoms with Crippen LogP contribution in [-0.4, -0.2) is 36.7 Å². The van der Waals surface area contributed by atoms with E-state index in [9.17, 15) is 4.79 Å². The van der Waals surface area contributed by atoms with Crippen LogP contribution in [0.4, 0.5) is 11.5 Å². The van der Waals surface area contributed by atoms with Gasteiger partial charge in [-0.25, -0.2) is 4.98 Å². The summed E-state index contributed by atoms with van der Waals surface area (Å²) in [5, 5.41) is 2.98. The van der Waals surface area contributed by atoms with Crippen LogP contribution in [0.15, 0.2) is 18.3 Å². The topological polar surface area (TPSA) is 54.5 Å². The summed E-state index contributed by atoms with van der Waals surface area (Å²) in [6.45, 7) is 4.90. The van der Waals surface area contributed by atoms with Crippen molar-refractivity contribution in [3.05, 3.63) is 18.3 Å². The maximum atomic E-state index is 12.3. The second kappa shape index (κ2) is 7.09. The van der Waals surface area contributed by atoms with E-state index >= 15 is 0 Å². The molecule has 0 radical (unpaired) electrons. The Morgan fingerprint density at radius 1 is 1.36 bits per heavy atom. The number of pyridine rings is 1. The van der Waals surface area contributed by atoms with Crippen molar-refractivity contribution in [3.8, 4) is 0 Å². The molecule has 2 aliphatic heterocycles. The number of hydrogen-bond donors (Lipinski definition) is 1. The van der Waals surface area contributed by atoms with Gasteiger partial charge in [0.1, 0.15) is 5.82 Å². The lowest BCUT2D eigenvalue weighted by molar-refractivity contribution is -0.121. The second-order valence-corrected chi connectivity index (χ2v) is 6.15. The van der Waals surface area contributed by atoms with Gasteiger partial charge in [-0.1, -0.05) is 6.92 Å². The SMILES string of the molecule is CC[C@@H]1OCC[C@H]1C(=O)Nc1ccc(N2CCCCC2)nc1. The normalized spacial score (nSPS) is 25.2. The first-order valence-corrected chi connectivity index (χ1v) is 8.41. The van der Waals surface area contributed by atoms with Crippen molar-refractivity contribution in [2.45, 2.75) is 45.1 Å². The Kier molecular flexibility index (Phi) is 4.93. The lowest BCUT2D eigenvalue weighted by atomic mass is 9.98. The zero-order valence-electron chi connectivity index (χ0n) is 13.3. The number of hydrogen-bond acceptors (Lipinski definition) is 4. The van der Waals surface area contributed by atoms with Crippen LogP contribution >= 0.6 is 0 Å². The molecule has 120 valence electrons. The van der Waals surface area contributed by atoms with Gasteiger partial charge < -0.3 is 15.0 Å². The molecule has 2 aliphatic rings. The third kappa shape index (κ3) is 3.40. The quantitative estimate of drug-likeness (QED) is 0.929. The van der Waals surface area contributed by atoms with Crippen molar-refractivity contribution >= 4 is 17.4 Å². The molecule has 2 atom stereocenters. The number of rotatable bonds is 4. The van der Waals surface area contributed by atoms with Crippen LogP contribution in [0.2, 0.25) is 0 Å². The lowest BCUT2D eigenvalue weighted by Gasteiger charge is -2.27. The van der Waals surface area contributed by atoms with Crippen LogP contribution in [0, 0.1) is 5.92 Å². The highest BCUT2D eigenvalue weighted by atomic mass is 16.5. The predicted octanol–water partition coefficient (Wildman–Crippen LogP) is 2.83. The third-order valence-electron chi connectivity index (χ3n) is 4.64. The fourth-order valence-electron chi connectivity index (χ4n) is 3.36. The van der Waals surface area contributed by atoms with Crippen LogP contribution in [0.1, 0.15) is 39.0 Å². The van der Waals surface area contributed by atoms with Crippen molar-refractivity contribution in [2.75, 3.05) is 29.9 Å². The number of nitrogens with one attached hydrogen (secondary N) is 1. The number of amides is 1. The van der Waals surface area contributed by atoms with Gasteiger partial charge in [-0.15, -0.1) is 0 Å². The zero-order valence-corrected chi connectivity index (χ0v) is 13.3. The van der Waals surface area contributed by atoms with Gasteiger partial charge in [-0.05, 0) is 44.2 Å². The van der Waals surface area contributed by atoms with Gasteiger partial charge >= 0.3 is 0 Å². The molecule has 0 aliphatic carbocycles. The van der Waals surface area contributed by atoms with Gasteiger partial charge in [0.15, 0.2) is 0 Å². The molecule has 0 aromatic carbocycles. The van der Waals surface area contributed by atoms with Gasteiger partial charge in [-0.2, -0.15) is 0 Å². The van der Waals surface area contributed by atoms with E-state index in [4.69, 9.17) is 4.74 Å². The molecule has 3 heterocycles. The maximum absolute atomic E-state index is 12.3. The van der Waals surface area contributed by atoms with Crippen molar-refractivity contribution in [1.82, 2.24) is 4.98 Å². The molecule has 1 amide bonds. The summed E-state index contributed by atoms with van der Waals surface area (Å²) in [5.41, 5.74) is 0.771. The molecule has 1 aromatic rings. The number of nitrogens with zero attached hydrogens (tertiary/aromatic N) is 2. The Bertz CT molecular complexity index is 497. The summed E-state index contributed by atoms with van der Waals surface area (Å²) in [6.07, 6.45) is 7.29. The van der Waals surface area contributed by atoms with Crippen LogP contribution < -0.4 is 10.2 Å². The van der Waals surface area contributed by atoms with Crippen molar-refractivity contribution in [1.29, 1.82) is 0 Å². The highest BCUT2D eigenvalue weighted by molar-refractivity contribution is 5.93. The molecule has 22 heavy (non-hydrogen) atoms. The number of piperidine rings is 1. The van der Waals surface area contributed by atoms with E-state index in [-0.39, 0.29) is 17.9 Å². The minimum Gasteiger partial charge on any atom is -0.377 e. The Balaban J connectivity index is 1.59. The third-order valence-corrected chi connectivity index (χ3v) is 4.64. The molecular formula is C17H25N3O2. The fraction of sp³-hybridized carbons (Fsp3) is 0.647. The largest absolute Gasteiger partial charge is 0.377 e. The fourth-order valence-corrected chi connectivity index (χ4v) is 3.36. The Labute approximate surface area is 132 Å². The van der Waals surface area contributed by atoms with E-state index < -0.39 is 0 Å². The molecule has 0 spiro atoms. The molecule has 2 saturated heterocycles. The van der Waals surface area contributed by atoms with Gasteiger partial charge in [0.2, 0.25) is 5.91 Å². The summed E-state index contributed by atoms with van der Waals surface area (Å²) in [4.78, 5) is 19.2. The lowest BCUT2D eigenvalue weighted by Crippen LogP contribution is -2.30. The van der Waals surface area contributed by atoms with Gasteiger partial charge in [0.25, 0.3) is 0 Å². The van der Waals surface area contributed by atoms with Gasteiger partial charge in [-0.3, -0.25) is 4.79 Å². The first-order chi connectivity index (χ1) is 10.8. The van der Waals surface area contributed by atoms with E-state index in [2.05, 4.69) is 22.1 Å². The first kappa shape index (κ1) is 15.3. The van der Waals surface area contributed by atoms with Gasteiger partial charge in [0, 0.05) is 19.7 Å². The van der Waals surface area contributed by atoms with Crippen LogP contribution in [0.5, 0.6) is 0 Å². The van der Waals surface area contributed by atoms with Crippen molar-refractivity contribution in [3.63, 3.8) is 0 Å². The smallest absolute Gasteiger partial charge is 0.230 e. The highest BCUT2D eigenvalue weighted by Gasteiger charge is 2.32. The summed E-state index contributed by atoms with van der Waals surface area (Å²) in [6, 6.07) is 3.95. The average molecular weight is 303 g/mol. The van der Waals surface area contributed by atoms with Crippen LogP contribution in [0.25, 0.3) is 0 Å². The molecule has 1 N–H and O–H groups in total. The average Bonchev–Trinajstić information content (AvgIpc) is 3.05. The predicted molar refractivity (Wildman–Crippen MR) is 87.1 cm³/mol. The molecule has 0 bridgehead atoms. The number of carbonyl (C=O) groups excluding carboxylic acids is 1. The molecule has 5 heteroatoms. The van der Waals surface area contributed by atoms with E-state index in [1.807, 2.05) is 12.1 Å². The Hall–Kier alpha value is -1.62. The number of anilines is 2. The molecule has 0 saturated carbocycles. The standard InChI is InChI=1S/C17H25N3O2/c1-2-15-14(8-11-22-15)17(21)19-13-6-7-16(18-12-13)20-9-4-3-5-10-20/h6-7,12,14-15H,2-5,8-11H2,1H3,(H,19,21)/t14-,15+/m1/s1. The van der Waals surface area contributed by atoms with E-state index in [0.29, 0.717) is 6.61 Å². The van der Waals surface area contributed by atoms with Gasteiger partial charge in [0.05, 0.1) is 23.9 Å². The van der Waals surface area contributed by atoms with Crippen LogP contribution in [-0.2, 0) is 9.53 Å². The maximum Gasteiger partial charge on any atom is 0.230 e. The van der Waals surface area contributed by atoms with E-state index in [1.165, 1.54) is 19.3 Å². The summed E-state index contributed by atoms with van der Waals surface area (Å²) < 4.78 is 5.59. The number of aromatic nitrogens is 1. The summed E-state index contributed by atoms with van der Waals surface area (Å²) in [7, 11) is 0. The molecule has 0 unspecified atom stereocenters. The van der Waals surface area contributed by atoms with E-state index in [0.717, 1.165) is 37.4 Å². The van der Waals surface area contributed by atoms with Crippen molar-refractivity contribution in [2.24, 2.45) is 5.92 Å². The molecular weight excluding hydrogens is 278 g/mol. The summed E-state index contributed by atoms with van der Waals surface area (Å²) in [5.74, 6) is 1.02. The monoisotopic (exact) mass is 303 g/mol. The molecule has 5 nitrogen and oxygen atoms in total. The van der Waals surface area contributed by atoms with Crippen molar-refractivity contribution < 1.29 is 9.53 Å². The second-order valence-electron chi connectivity index (χ2n) is 6.15. The number of ether oxygens (including phenoxy) is 1. The van der Waals surface area contributed by atoms with Crippen LogP contribution in [0.3, 0.4) is 0 Å². The zero-order chi connectivity index (χ0) is 15.4. The molecule has 2 fully saturated rings. The Morgan fingerprint density at radius 3 is 2.86 bits per heavy atom. The number of carbonyl (C=O) groups is 1. The molecule has 3 rings (SSSR count). The highest BCUT2D eigenvalue weighted by Crippen LogP contribution is 2.25. The first-order valence-electron chi connectivity index (χ1n) is 8.41. The Morgan fingerprint density at radius 2 is 2.18 bits per heavy atom. The minimum atomic E-state index is -0.0354. The molecule has 1 aromatic heterocycles.